The van der Waals surface area contributed by atoms with Gasteiger partial charge >= 0.3 is 0 Å². The second-order valence-corrected chi connectivity index (χ2v) is 5.40. The van der Waals surface area contributed by atoms with E-state index in [9.17, 15) is 9.90 Å². The lowest BCUT2D eigenvalue weighted by atomic mass is 9.93. The van der Waals surface area contributed by atoms with Gasteiger partial charge in [-0.2, -0.15) is 0 Å². The third-order valence-electron chi connectivity index (χ3n) is 3.74. The van der Waals surface area contributed by atoms with Crippen LogP contribution in [0.2, 0.25) is 0 Å². The highest BCUT2D eigenvalue weighted by Crippen LogP contribution is 2.22. The summed E-state index contributed by atoms with van der Waals surface area (Å²) in [5, 5.41) is 10.4. The van der Waals surface area contributed by atoms with Gasteiger partial charge in [0.2, 0.25) is 0 Å². The molecule has 1 saturated heterocycles. The fraction of sp³-hybridized carbons (Fsp3) is 0.533. The number of hydrogen-bond donors (Lipinski definition) is 2. The minimum Gasteiger partial charge on any atom is -0.388 e. The zero-order valence-electron chi connectivity index (χ0n) is 11.8. The van der Waals surface area contributed by atoms with Crippen molar-refractivity contribution in [3.63, 3.8) is 0 Å². The SMILES string of the molecule is CN(CC1(O)CCOCC1)C(=O)c1ccc(CN)cc1. The van der Waals surface area contributed by atoms with Crippen molar-refractivity contribution in [2.75, 3.05) is 26.8 Å². The molecule has 5 nitrogen and oxygen atoms in total. The van der Waals surface area contributed by atoms with Crippen LogP contribution >= 0.6 is 0 Å². The smallest absolute Gasteiger partial charge is 0.253 e. The Balaban J connectivity index is 2.00. The van der Waals surface area contributed by atoms with Crippen LogP contribution in [0, 0.1) is 0 Å². The molecule has 1 aromatic carbocycles. The lowest BCUT2D eigenvalue weighted by Gasteiger charge is -2.35. The van der Waals surface area contributed by atoms with Gasteiger partial charge in [-0.1, -0.05) is 12.1 Å². The molecule has 0 radical (unpaired) electrons. The molecule has 1 heterocycles. The van der Waals surface area contributed by atoms with E-state index in [1.54, 1.807) is 24.1 Å². The van der Waals surface area contributed by atoms with Gasteiger partial charge < -0.3 is 20.5 Å². The summed E-state index contributed by atoms with van der Waals surface area (Å²) in [6.45, 7) is 1.88. The average Bonchev–Trinajstić information content (AvgIpc) is 2.47. The van der Waals surface area contributed by atoms with Gasteiger partial charge in [-0.05, 0) is 17.7 Å². The molecule has 0 unspecified atom stereocenters. The molecule has 2 rings (SSSR count). The van der Waals surface area contributed by atoms with Crippen molar-refractivity contribution >= 4 is 5.91 Å². The Labute approximate surface area is 119 Å². The first-order valence-electron chi connectivity index (χ1n) is 6.89. The van der Waals surface area contributed by atoms with Crippen molar-refractivity contribution in [2.45, 2.75) is 25.0 Å². The van der Waals surface area contributed by atoms with E-state index in [1.807, 2.05) is 12.1 Å². The molecule has 0 saturated carbocycles. The summed E-state index contributed by atoms with van der Waals surface area (Å²) in [7, 11) is 1.71. The fourth-order valence-corrected chi connectivity index (χ4v) is 2.43. The van der Waals surface area contributed by atoms with Crippen molar-refractivity contribution in [1.82, 2.24) is 4.90 Å². The van der Waals surface area contributed by atoms with Crippen molar-refractivity contribution in [2.24, 2.45) is 5.73 Å². The van der Waals surface area contributed by atoms with Gasteiger partial charge in [-0.25, -0.2) is 0 Å². The monoisotopic (exact) mass is 278 g/mol. The summed E-state index contributed by atoms with van der Waals surface area (Å²) in [6, 6.07) is 7.25. The van der Waals surface area contributed by atoms with Crippen LogP contribution in [0.4, 0.5) is 0 Å². The molecule has 1 fully saturated rings. The number of amides is 1. The molecule has 0 bridgehead atoms. The number of carbonyl (C=O) groups excluding carboxylic acids is 1. The normalized spacial score (nSPS) is 17.8. The van der Waals surface area contributed by atoms with E-state index in [2.05, 4.69) is 0 Å². The van der Waals surface area contributed by atoms with Gasteiger partial charge in [0.15, 0.2) is 0 Å². The molecule has 1 aliphatic heterocycles. The van der Waals surface area contributed by atoms with Crippen molar-refractivity contribution in [3.8, 4) is 0 Å². The van der Waals surface area contributed by atoms with Crippen LogP contribution in [0.3, 0.4) is 0 Å². The third-order valence-corrected chi connectivity index (χ3v) is 3.74. The molecule has 110 valence electrons. The van der Waals surface area contributed by atoms with Gasteiger partial charge in [0.25, 0.3) is 5.91 Å². The largest absolute Gasteiger partial charge is 0.388 e. The molecule has 0 aliphatic carbocycles. The maximum Gasteiger partial charge on any atom is 0.253 e. The second kappa shape index (κ2) is 6.35. The summed E-state index contributed by atoms with van der Waals surface area (Å²) in [4.78, 5) is 13.9. The predicted molar refractivity (Wildman–Crippen MR) is 76.3 cm³/mol. The summed E-state index contributed by atoms with van der Waals surface area (Å²) in [5.41, 5.74) is 6.31. The lowest BCUT2D eigenvalue weighted by Crippen LogP contribution is -2.47. The van der Waals surface area contributed by atoms with E-state index in [1.165, 1.54) is 0 Å². The first-order chi connectivity index (χ1) is 9.54. The third kappa shape index (κ3) is 3.56. The van der Waals surface area contributed by atoms with E-state index in [-0.39, 0.29) is 5.91 Å². The zero-order valence-corrected chi connectivity index (χ0v) is 11.8. The maximum absolute atomic E-state index is 12.3. The predicted octanol–water partition coefficient (Wildman–Crippen LogP) is 0.759. The Hall–Kier alpha value is -1.43. The Kier molecular flexibility index (Phi) is 4.75. The number of hydrogen-bond acceptors (Lipinski definition) is 4. The van der Waals surface area contributed by atoms with Crippen molar-refractivity contribution < 1.29 is 14.6 Å². The highest BCUT2D eigenvalue weighted by Gasteiger charge is 2.32. The summed E-state index contributed by atoms with van der Waals surface area (Å²) >= 11 is 0. The van der Waals surface area contributed by atoms with Gasteiger partial charge in [-0.3, -0.25) is 4.79 Å². The van der Waals surface area contributed by atoms with Crippen molar-refractivity contribution in [1.29, 1.82) is 0 Å². The number of likely N-dealkylation sites (N-methyl/N-ethyl adjacent to an activating group) is 1. The Morgan fingerprint density at radius 1 is 1.35 bits per heavy atom. The molecule has 0 atom stereocenters. The first-order valence-corrected chi connectivity index (χ1v) is 6.89. The average molecular weight is 278 g/mol. The minimum atomic E-state index is -0.833. The first kappa shape index (κ1) is 15.0. The highest BCUT2D eigenvalue weighted by atomic mass is 16.5. The molecule has 1 amide bonds. The van der Waals surface area contributed by atoms with Crippen molar-refractivity contribution in [3.05, 3.63) is 35.4 Å². The van der Waals surface area contributed by atoms with Gasteiger partial charge in [-0.15, -0.1) is 0 Å². The molecule has 0 spiro atoms. The standard InChI is InChI=1S/C15H22N2O3/c1-17(11-15(19)6-8-20-9-7-15)14(18)13-4-2-12(10-16)3-5-13/h2-5,19H,6-11,16H2,1H3. The molecule has 3 N–H and O–H groups in total. The van der Waals surface area contributed by atoms with Crippen LogP contribution in [-0.2, 0) is 11.3 Å². The summed E-state index contributed by atoms with van der Waals surface area (Å²) in [5.74, 6) is -0.0894. The van der Waals surface area contributed by atoms with Crippen LogP contribution < -0.4 is 5.73 Å². The van der Waals surface area contributed by atoms with Crippen LogP contribution in [-0.4, -0.2) is 48.3 Å². The van der Waals surface area contributed by atoms with Crippen LogP contribution in [0.5, 0.6) is 0 Å². The number of benzene rings is 1. The molecule has 1 aliphatic rings. The van der Waals surface area contributed by atoms with E-state index in [0.717, 1.165) is 5.56 Å². The summed E-state index contributed by atoms with van der Waals surface area (Å²) < 4.78 is 5.24. The van der Waals surface area contributed by atoms with Gasteiger partial charge in [0, 0.05) is 51.8 Å². The molecule has 1 aromatic rings. The Bertz CT molecular complexity index is 453. The summed E-state index contributed by atoms with van der Waals surface area (Å²) in [6.07, 6.45) is 1.13. The number of nitrogens with two attached hydrogens (primary N) is 1. The van der Waals surface area contributed by atoms with Gasteiger partial charge in [0.05, 0.1) is 5.60 Å². The fourth-order valence-electron chi connectivity index (χ4n) is 2.43. The molecular weight excluding hydrogens is 256 g/mol. The Morgan fingerprint density at radius 2 is 1.95 bits per heavy atom. The molecule has 5 heteroatoms. The number of carbonyl (C=O) groups is 1. The van der Waals surface area contributed by atoms with Crippen LogP contribution in [0.15, 0.2) is 24.3 Å². The quantitative estimate of drug-likeness (QED) is 0.852. The number of ether oxygens (including phenoxy) is 1. The lowest BCUT2D eigenvalue weighted by molar-refractivity contribution is -0.0734. The Morgan fingerprint density at radius 3 is 2.50 bits per heavy atom. The van der Waals surface area contributed by atoms with Crippen LogP contribution in [0.25, 0.3) is 0 Å². The van der Waals surface area contributed by atoms with E-state index >= 15 is 0 Å². The second-order valence-electron chi connectivity index (χ2n) is 5.40. The van der Waals surface area contributed by atoms with Crippen LogP contribution in [0.1, 0.15) is 28.8 Å². The number of rotatable bonds is 4. The van der Waals surface area contributed by atoms with E-state index in [4.69, 9.17) is 10.5 Å². The molecular formula is C15H22N2O3. The topological polar surface area (TPSA) is 75.8 Å². The highest BCUT2D eigenvalue weighted by molar-refractivity contribution is 5.94. The maximum atomic E-state index is 12.3. The molecule has 0 aromatic heterocycles. The number of nitrogens with zero attached hydrogens (tertiary/aromatic N) is 1. The van der Waals surface area contributed by atoms with E-state index in [0.29, 0.717) is 44.7 Å². The zero-order chi connectivity index (χ0) is 14.6. The van der Waals surface area contributed by atoms with Gasteiger partial charge in [0.1, 0.15) is 0 Å². The molecule has 20 heavy (non-hydrogen) atoms. The minimum absolute atomic E-state index is 0.0894. The number of aliphatic hydroxyl groups is 1. The van der Waals surface area contributed by atoms with E-state index < -0.39 is 5.60 Å².